The molecule has 0 fully saturated rings. The van der Waals surface area contributed by atoms with Gasteiger partial charge >= 0.3 is 18.2 Å². The Morgan fingerprint density at radius 3 is 1.93 bits per heavy atom. The number of carbonyl (C=O) groups is 3. The third-order valence-corrected chi connectivity index (χ3v) is 3.52. The smallest absolute Gasteiger partial charge is 0.416 e. The molecule has 3 amide bonds. The summed E-state index contributed by atoms with van der Waals surface area (Å²) in [4.78, 5) is 34.9. The van der Waals surface area contributed by atoms with E-state index in [1.165, 1.54) is 31.2 Å². The molecule has 0 aliphatic rings. The molecule has 0 aliphatic heterocycles. The van der Waals surface area contributed by atoms with Gasteiger partial charge in [0.05, 0.1) is 11.1 Å². The Bertz CT molecular complexity index is 865. The summed E-state index contributed by atoms with van der Waals surface area (Å²) in [5.74, 6) is -1.50. The largest absolute Gasteiger partial charge is 0.449 e. The minimum Gasteiger partial charge on any atom is -0.449 e. The number of amides is 3. The first-order valence-corrected chi connectivity index (χ1v) is 7.92. The van der Waals surface area contributed by atoms with Crippen molar-refractivity contribution in [2.75, 3.05) is 10.6 Å². The van der Waals surface area contributed by atoms with Gasteiger partial charge in [-0.15, -0.1) is 0 Å². The Kier molecular flexibility index (Phi) is 6.24. The first-order chi connectivity index (χ1) is 13.1. The van der Waals surface area contributed by atoms with Crippen LogP contribution in [0.2, 0.25) is 0 Å². The van der Waals surface area contributed by atoms with Crippen molar-refractivity contribution in [2.24, 2.45) is 5.73 Å². The van der Waals surface area contributed by atoms with E-state index in [9.17, 15) is 27.6 Å². The van der Waals surface area contributed by atoms with Crippen LogP contribution in [0, 0.1) is 0 Å². The highest BCUT2D eigenvalue weighted by atomic mass is 19.4. The van der Waals surface area contributed by atoms with Crippen LogP contribution in [0.25, 0.3) is 0 Å². The highest BCUT2D eigenvalue weighted by Crippen LogP contribution is 2.29. The van der Waals surface area contributed by atoms with E-state index in [2.05, 4.69) is 10.6 Å². The summed E-state index contributed by atoms with van der Waals surface area (Å²) in [6, 6.07) is 8.68. The van der Waals surface area contributed by atoms with Crippen molar-refractivity contribution in [1.29, 1.82) is 0 Å². The molecular formula is C18H16F3N3O4. The van der Waals surface area contributed by atoms with Crippen LogP contribution in [0.1, 0.15) is 22.8 Å². The molecule has 10 heteroatoms. The number of anilines is 2. The minimum absolute atomic E-state index is 0.128. The summed E-state index contributed by atoms with van der Waals surface area (Å²) in [6.45, 7) is 1.32. The molecule has 28 heavy (non-hydrogen) atoms. The molecule has 2 aromatic rings. The number of urea groups is 1. The van der Waals surface area contributed by atoms with E-state index in [1.54, 1.807) is 0 Å². The zero-order valence-electron chi connectivity index (χ0n) is 14.5. The molecule has 148 valence electrons. The molecule has 0 unspecified atom stereocenters. The monoisotopic (exact) mass is 395 g/mol. The lowest BCUT2D eigenvalue weighted by molar-refractivity contribution is -0.137. The maximum atomic E-state index is 12.5. The minimum atomic E-state index is -4.48. The Balaban J connectivity index is 1.94. The molecule has 0 radical (unpaired) electrons. The number of carbonyl (C=O) groups excluding carboxylic acids is 3. The second-order valence-electron chi connectivity index (χ2n) is 5.68. The maximum Gasteiger partial charge on any atom is 0.416 e. The molecular weight excluding hydrogens is 379 g/mol. The number of rotatable bonds is 5. The number of esters is 1. The second-order valence-corrected chi connectivity index (χ2v) is 5.68. The molecule has 0 aromatic heterocycles. The van der Waals surface area contributed by atoms with Gasteiger partial charge < -0.3 is 21.1 Å². The van der Waals surface area contributed by atoms with Gasteiger partial charge in [-0.05, 0) is 55.5 Å². The van der Waals surface area contributed by atoms with Crippen molar-refractivity contribution in [3.63, 3.8) is 0 Å². The number of primary amides is 1. The summed E-state index contributed by atoms with van der Waals surface area (Å²) in [5, 5.41) is 4.69. The topological polar surface area (TPSA) is 111 Å². The Labute approximate surface area is 157 Å². The normalized spacial score (nSPS) is 12.0. The number of hydrogen-bond donors (Lipinski definition) is 3. The predicted molar refractivity (Wildman–Crippen MR) is 94.6 cm³/mol. The lowest BCUT2D eigenvalue weighted by Crippen LogP contribution is -2.30. The first kappa shape index (κ1) is 20.7. The highest BCUT2D eigenvalue weighted by Gasteiger charge is 2.30. The number of benzene rings is 2. The SMILES string of the molecule is C[C@H](OC(=O)c1ccc(NC(N)=O)cc1)C(=O)Nc1ccc(C(F)(F)F)cc1. The van der Waals surface area contributed by atoms with Crippen LogP contribution in [-0.2, 0) is 15.7 Å². The van der Waals surface area contributed by atoms with Crippen LogP contribution in [0.15, 0.2) is 48.5 Å². The standard InChI is InChI=1S/C18H16F3N3O4/c1-10(15(25)23-13-8-4-12(5-9-13)18(19,20)21)28-16(26)11-2-6-14(7-3-11)24-17(22)27/h2-10H,1H3,(H,23,25)(H3,22,24,27)/t10-/m0/s1. The molecule has 0 saturated carbocycles. The number of nitrogens with one attached hydrogen (secondary N) is 2. The molecule has 0 spiro atoms. The van der Waals surface area contributed by atoms with E-state index in [1.807, 2.05) is 0 Å². The molecule has 0 bridgehead atoms. The molecule has 2 aromatic carbocycles. The molecule has 0 heterocycles. The van der Waals surface area contributed by atoms with Crippen molar-refractivity contribution in [2.45, 2.75) is 19.2 Å². The quantitative estimate of drug-likeness (QED) is 0.674. The van der Waals surface area contributed by atoms with Crippen molar-refractivity contribution in [3.8, 4) is 0 Å². The van der Waals surface area contributed by atoms with Crippen molar-refractivity contribution in [1.82, 2.24) is 0 Å². The van der Waals surface area contributed by atoms with Gasteiger partial charge in [-0.25, -0.2) is 9.59 Å². The number of alkyl halides is 3. The fraction of sp³-hybridized carbons (Fsp3) is 0.167. The van der Waals surface area contributed by atoms with Gasteiger partial charge in [0.1, 0.15) is 0 Å². The zero-order valence-corrected chi connectivity index (χ0v) is 14.5. The molecule has 4 N–H and O–H groups in total. The summed E-state index contributed by atoms with van der Waals surface area (Å²) in [7, 11) is 0. The summed E-state index contributed by atoms with van der Waals surface area (Å²) in [5.41, 5.74) is 4.75. The van der Waals surface area contributed by atoms with E-state index >= 15 is 0 Å². The Morgan fingerprint density at radius 2 is 1.43 bits per heavy atom. The highest BCUT2D eigenvalue weighted by molar-refractivity contribution is 5.97. The van der Waals surface area contributed by atoms with Crippen molar-refractivity contribution in [3.05, 3.63) is 59.7 Å². The molecule has 0 saturated heterocycles. The summed E-state index contributed by atoms with van der Waals surface area (Å²) >= 11 is 0. The maximum absolute atomic E-state index is 12.5. The van der Waals surface area contributed by atoms with Crippen molar-refractivity contribution >= 4 is 29.3 Å². The lowest BCUT2D eigenvalue weighted by Gasteiger charge is -2.14. The average Bonchev–Trinajstić information content (AvgIpc) is 2.61. The van der Waals surface area contributed by atoms with E-state index < -0.39 is 35.8 Å². The van der Waals surface area contributed by atoms with Crippen LogP contribution in [0.4, 0.5) is 29.3 Å². The van der Waals surface area contributed by atoms with Gasteiger partial charge in [-0.1, -0.05) is 0 Å². The Morgan fingerprint density at radius 1 is 0.929 bits per heavy atom. The van der Waals surface area contributed by atoms with Gasteiger partial charge in [0.25, 0.3) is 5.91 Å². The number of hydrogen-bond acceptors (Lipinski definition) is 4. The first-order valence-electron chi connectivity index (χ1n) is 7.92. The molecule has 2 rings (SSSR count). The van der Waals surface area contributed by atoms with Crippen LogP contribution in [0.5, 0.6) is 0 Å². The average molecular weight is 395 g/mol. The van der Waals surface area contributed by atoms with Gasteiger partial charge in [-0.2, -0.15) is 13.2 Å². The van der Waals surface area contributed by atoms with E-state index in [-0.39, 0.29) is 11.3 Å². The fourth-order valence-electron chi connectivity index (χ4n) is 2.10. The third kappa shape index (κ3) is 5.73. The lowest BCUT2D eigenvalue weighted by atomic mass is 10.2. The van der Waals surface area contributed by atoms with Crippen LogP contribution in [-0.4, -0.2) is 24.0 Å². The number of halogens is 3. The fourth-order valence-corrected chi connectivity index (χ4v) is 2.10. The van der Waals surface area contributed by atoms with Crippen LogP contribution in [0.3, 0.4) is 0 Å². The van der Waals surface area contributed by atoms with Crippen LogP contribution < -0.4 is 16.4 Å². The second kappa shape index (κ2) is 8.42. The van der Waals surface area contributed by atoms with Crippen molar-refractivity contribution < 1.29 is 32.3 Å². The van der Waals surface area contributed by atoms with E-state index in [0.29, 0.717) is 5.69 Å². The molecule has 0 aliphatic carbocycles. The van der Waals surface area contributed by atoms with Gasteiger partial charge in [0.15, 0.2) is 6.10 Å². The summed E-state index contributed by atoms with van der Waals surface area (Å²) < 4.78 is 42.6. The molecule has 7 nitrogen and oxygen atoms in total. The van der Waals surface area contributed by atoms with Gasteiger partial charge in [0, 0.05) is 11.4 Å². The van der Waals surface area contributed by atoms with E-state index in [4.69, 9.17) is 10.5 Å². The summed E-state index contributed by atoms with van der Waals surface area (Å²) in [6.07, 6.45) is -5.67. The van der Waals surface area contributed by atoms with Crippen LogP contribution >= 0.6 is 0 Å². The number of nitrogens with two attached hydrogens (primary N) is 1. The van der Waals surface area contributed by atoms with Gasteiger partial charge in [-0.3, -0.25) is 4.79 Å². The van der Waals surface area contributed by atoms with E-state index in [0.717, 1.165) is 24.3 Å². The third-order valence-electron chi connectivity index (χ3n) is 3.52. The van der Waals surface area contributed by atoms with Gasteiger partial charge in [0.2, 0.25) is 0 Å². The number of ether oxygens (including phenoxy) is 1. The Hall–Kier alpha value is -3.56. The predicted octanol–water partition coefficient (Wildman–Crippen LogP) is 3.38. The molecule has 1 atom stereocenters. The zero-order chi connectivity index (χ0) is 20.9.